The van der Waals surface area contributed by atoms with Crippen LogP contribution in [0.5, 0.6) is 5.75 Å². The number of aryl methyl sites for hydroxylation is 1. The first-order valence-electron chi connectivity index (χ1n) is 7.24. The molecule has 0 radical (unpaired) electrons. The Kier molecular flexibility index (Phi) is 5.30. The summed E-state index contributed by atoms with van der Waals surface area (Å²) in [5, 5.41) is 6.61. The number of benzene rings is 1. The van der Waals surface area contributed by atoms with Crippen LogP contribution in [0, 0.1) is 6.92 Å². The van der Waals surface area contributed by atoms with Gasteiger partial charge in [-0.2, -0.15) is 5.10 Å². The second-order valence-electron chi connectivity index (χ2n) is 5.16. The van der Waals surface area contributed by atoms with E-state index in [1.807, 2.05) is 18.4 Å². The molecule has 0 saturated carbocycles. The molecule has 3 aromatic rings. The summed E-state index contributed by atoms with van der Waals surface area (Å²) < 4.78 is 11.5. The summed E-state index contributed by atoms with van der Waals surface area (Å²) in [7, 11) is 0. The van der Waals surface area contributed by atoms with Gasteiger partial charge in [-0.05, 0) is 46.6 Å². The summed E-state index contributed by atoms with van der Waals surface area (Å²) in [5.41, 5.74) is 3.21. The monoisotopic (exact) mass is 420 g/mol. The fourth-order valence-electron chi connectivity index (χ4n) is 2.14. The van der Waals surface area contributed by atoms with E-state index in [0.29, 0.717) is 11.3 Å². The van der Waals surface area contributed by atoms with Crippen molar-refractivity contribution in [3.63, 3.8) is 0 Å². The molecular weight excluding hydrogens is 408 g/mol. The molecule has 0 aliphatic carbocycles. The average Bonchev–Trinajstić information content (AvgIpc) is 2.97. The van der Waals surface area contributed by atoms with E-state index in [1.54, 1.807) is 24.4 Å². The van der Waals surface area contributed by atoms with E-state index < -0.39 is 11.5 Å². The van der Waals surface area contributed by atoms with Crippen LogP contribution >= 0.6 is 27.3 Å². The Morgan fingerprint density at radius 3 is 3.00 bits per heavy atom. The fraction of sp³-hybridized carbons (Fsp3) is 0.118. The Hall–Kier alpha value is -2.45. The molecule has 25 heavy (non-hydrogen) atoms. The lowest BCUT2D eigenvalue weighted by atomic mass is 10.1. The van der Waals surface area contributed by atoms with Gasteiger partial charge in [0, 0.05) is 32.2 Å². The van der Waals surface area contributed by atoms with Crippen LogP contribution in [0.3, 0.4) is 0 Å². The Morgan fingerprint density at radius 2 is 2.24 bits per heavy atom. The Morgan fingerprint density at radius 1 is 1.40 bits per heavy atom. The second kappa shape index (κ2) is 7.62. The van der Waals surface area contributed by atoms with Gasteiger partial charge in [-0.15, -0.1) is 11.3 Å². The molecule has 1 amide bonds. The Balaban J connectivity index is 1.59. The number of carbonyl (C=O) groups excluding carboxylic acids is 1. The van der Waals surface area contributed by atoms with Gasteiger partial charge in [0.25, 0.3) is 5.91 Å². The van der Waals surface area contributed by atoms with Crippen molar-refractivity contribution in [2.24, 2.45) is 5.10 Å². The highest BCUT2D eigenvalue weighted by Gasteiger charge is 2.06. The highest BCUT2D eigenvalue weighted by molar-refractivity contribution is 9.10. The van der Waals surface area contributed by atoms with Crippen molar-refractivity contribution in [3.8, 4) is 5.75 Å². The van der Waals surface area contributed by atoms with E-state index in [9.17, 15) is 9.59 Å². The van der Waals surface area contributed by atoms with Crippen LogP contribution in [-0.2, 0) is 4.79 Å². The van der Waals surface area contributed by atoms with Gasteiger partial charge >= 0.3 is 5.63 Å². The maximum Gasteiger partial charge on any atom is 0.336 e. The molecule has 0 aliphatic heterocycles. The third-order valence-electron chi connectivity index (χ3n) is 3.26. The molecule has 2 aromatic heterocycles. The Bertz CT molecular complexity index is 1010. The first-order valence-corrected chi connectivity index (χ1v) is 8.92. The molecule has 0 saturated heterocycles. The lowest BCUT2D eigenvalue weighted by Gasteiger charge is -2.06. The number of amides is 1. The fourth-order valence-corrected chi connectivity index (χ4v) is 3.44. The van der Waals surface area contributed by atoms with Crippen molar-refractivity contribution < 1.29 is 13.9 Å². The molecule has 8 heteroatoms. The quantitative estimate of drug-likeness (QED) is 0.389. The van der Waals surface area contributed by atoms with Crippen molar-refractivity contribution in [2.45, 2.75) is 6.92 Å². The van der Waals surface area contributed by atoms with E-state index in [4.69, 9.17) is 9.15 Å². The number of carbonyl (C=O) groups is 1. The topological polar surface area (TPSA) is 80.9 Å². The minimum absolute atomic E-state index is 0.201. The number of nitrogens with one attached hydrogen (secondary N) is 1. The molecule has 0 atom stereocenters. The summed E-state index contributed by atoms with van der Waals surface area (Å²) in [4.78, 5) is 24.1. The SMILES string of the molecule is Cc1cc(=O)oc2cc(OCC(=O)N/N=C/c3cc(Br)cs3)ccc12. The second-order valence-corrected chi connectivity index (χ2v) is 7.01. The normalized spacial score (nSPS) is 11.1. The van der Waals surface area contributed by atoms with E-state index in [2.05, 4.69) is 26.5 Å². The van der Waals surface area contributed by atoms with Crippen LogP contribution in [0.1, 0.15) is 10.4 Å². The van der Waals surface area contributed by atoms with Crippen molar-refractivity contribution >= 4 is 50.4 Å². The number of thiophene rings is 1. The third kappa shape index (κ3) is 4.55. The predicted octanol–water partition coefficient (Wildman–Crippen LogP) is 3.45. The molecule has 1 N–H and O–H groups in total. The number of nitrogens with zero attached hydrogens (tertiary/aromatic N) is 1. The largest absolute Gasteiger partial charge is 0.484 e. The average molecular weight is 421 g/mol. The summed E-state index contributed by atoms with van der Waals surface area (Å²) in [6, 6.07) is 8.41. The van der Waals surface area contributed by atoms with Crippen molar-refractivity contribution in [1.29, 1.82) is 0 Å². The van der Waals surface area contributed by atoms with Crippen LogP contribution in [0.25, 0.3) is 11.0 Å². The number of halogens is 1. The lowest BCUT2D eigenvalue weighted by molar-refractivity contribution is -0.123. The maximum absolute atomic E-state index is 11.8. The van der Waals surface area contributed by atoms with Crippen molar-refractivity contribution in [3.05, 3.63) is 61.0 Å². The predicted molar refractivity (Wildman–Crippen MR) is 100 cm³/mol. The molecule has 0 unspecified atom stereocenters. The minimum Gasteiger partial charge on any atom is -0.484 e. The number of hydrogen-bond acceptors (Lipinski definition) is 6. The molecule has 0 spiro atoms. The van der Waals surface area contributed by atoms with E-state index in [0.717, 1.165) is 20.3 Å². The highest BCUT2D eigenvalue weighted by Crippen LogP contribution is 2.22. The molecule has 0 aliphatic rings. The number of hydrazone groups is 1. The van der Waals surface area contributed by atoms with Gasteiger partial charge in [0.1, 0.15) is 11.3 Å². The lowest BCUT2D eigenvalue weighted by Crippen LogP contribution is -2.24. The number of rotatable bonds is 5. The van der Waals surface area contributed by atoms with Gasteiger partial charge in [0.05, 0.1) is 6.21 Å². The zero-order valence-electron chi connectivity index (χ0n) is 13.1. The summed E-state index contributed by atoms with van der Waals surface area (Å²) >= 11 is 4.84. The molecule has 128 valence electrons. The van der Waals surface area contributed by atoms with Gasteiger partial charge in [0.15, 0.2) is 6.61 Å². The number of fused-ring (bicyclic) bond motifs is 1. The maximum atomic E-state index is 11.8. The van der Waals surface area contributed by atoms with Crippen molar-refractivity contribution in [2.75, 3.05) is 6.61 Å². The standard InChI is InChI=1S/C17H13BrN2O4S/c1-10-4-17(22)24-15-6-12(2-3-14(10)15)23-8-16(21)20-19-7-13-5-11(18)9-25-13/h2-7,9H,8H2,1H3,(H,20,21)/b19-7+. The Labute approximate surface area is 155 Å². The molecular formula is C17H13BrN2O4S. The molecule has 1 aromatic carbocycles. The van der Waals surface area contributed by atoms with Crippen molar-refractivity contribution in [1.82, 2.24) is 5.43 Å². The van der Waals surface area contributed by atoms with Crippen LogP contribution in [0.2, 0.25) is 0 Å². The first-order chi connectivity index (χ1) is 12.0. The molecule has 6 nitrogen and oxygen atoms in total. The molecule has 0 bridgehead atoms. The summed E-state index contributed by atoms with van der Waals surface area (Å²) in [5.74, 6) is 0.0419. The number of ether oxygens (including phenoxy) is 1. The minimum atomic E-state index is -0.422. The molecule has 0 fully saturated rings. The smallest absolute Gasteiger partial charge is 0.336 e. The van der Waals surface area contributed by atoms with E-state index in [1.165, 1.54) is 17.4 Å². The van der Waals surface area contributed by atoms with Crippen LogP contribution in [0.15, 0.2) is 54.5 Å². The summed E-state index contributed by atoms with van der Waals surface area (Å²) in [6.45, 7) is 1.63. The van der Waals surface area contributed by atoms with Crippen LogP contribution in [-0.4, -0.2) is 18.7 Å². The molecule has 2 heterocycles. The zero-order chi connectivity index (χ0) is 17.8. The van der Waals surface area contributed by atoms with Gasteiger partial charge in [0.2, 0.25) is 0 Å². The van der Waals surface area contributed by atoms with Crippen LogP contribution in [0.4, 0.5) is 0 Å². The third-order valence-corrected chi connectivity index (χ3v) is 4.89. The summed E-state index contributed by atoms with van der Waals surface area (Å²) in [6.07, 6.45) is 1.56. The first kappa shape index (κ1) is 17.4. The van der Waals surface area contributed by atoms with Gasteiger partial charge < -0.3 is 9.15 Å². The highest BCUT2D eigenvalue weighted by atomic mass is 79.9. The van der Waals surface area contributed by atoms with Gasteiger partial charge in [-0.1, -0.05) is 0 Å². The van der Waals surface area contributed by atoms with Crippen LogP contribution < -0.4 is 15.8 Å². The van der Waals surface area contributed by atoms with E-state index in [-0.39, 0.29) is 6.61 Å². The van der Waals surface area contributed by atoms with Gasteiger partial charge in [-0.25, -0.2) is 10.2 Å². The van der Waals surface area contributed by atoms with Gasteiger partial charge in [-0.3, -0.25) is 4.79 Å². The zero-order valence-corrected chi connectivity index (χ0v) is 15.5. The number of hydrogen-bond donors (Lipinski definition) is 1. The van der Waals surface area contributed by atoms with E-state index >= 15 is 0 Å². The molecule has 3 rings (SSSR count).